The van der Waals surface area contributed by atoms with Crippen LogP contribution in [0.5, 0.6) is 0 Å². The Balaban J connectivity index is 1.68. The molecule has 0 bridgehead atoms. The van der Waals surface area contributed by atoms with Gasteiger partial charge in [0.05, 0.1) is 5.56 Å². The summed E-state index contributed by atoms with van der Waals surface area (Å²) >= 11 is 0. The highest BCUT2D eigenvalue weighted by Crippen LogP contribution is 2.37. The van der Waals surface area contributed by atoms with E-state index in [0.29, 0.717) is 12.0 Å². The van der Waals surface area contributed by atoms with Crippen LogP contribution in [0.3, 0.4) is 0 Å². The summed E-state index contributed by atoms with van der Waals surface area (Å²) in [5.74, 6) is 0.204. The van der Waals surface area contributed by atoms with Crippen LogP contribution in [-0.2, 0) is 4.79 Å². The molecule has 0 atom stereocenters. The van der Waals surface area contributed by atoms with Gasteiger partial charge >= 0.3 is 0 Å². The van der Waals surface area contributed by atoms with Gasteiger partial charge in [0.1, 0.15) is 0 Å². The number of piperidine rings is 1. The highest BCUT2D eigenvalue weighted by molar-refractivity contribution is 5.95. The maximum absolute atomic E-state index is 12.5. The van der Waals surface area contributed by atoms with E-state index in [9.17, 15) is 9.59 Å². The molecule has 2 fully saturated rings. The predicted molar refractivity (Wildman–Crippen MR) is 74.2 cm³/mol. The molecule has 106 valence electrons. The van der Waals surface area contributed by atoms with Gasteiger partial charge in [-0.3, -0.25) is 14.6 Å². The van der Waals surface area contributed by atoms with Crippen molar-refractivity contribution in [3.8, 4) is 0 Å². The molecule has 0 aromatic carbocycles. The van der Waals surface area contributed by atoms with E-state index in [0.717, 1.165) is 38.2 Å². The Morgan fingerprint density at radius 1 is 1.40 bits per heavy atom. The normalized spacial score (nSPS) is 21.1. The van der Waals surface area contributed by atoms with E-state index < -0.39 is 0 Å². The van der Waals surface area contributed by atoms with Crippen LogP contribution in [0.4, 0.5) is 0 Å². The number of pyridine rings is 1. The molecule has 20 heavy (non-hydrogen) atoms. The van der Waals surface area contributed by atoms with Crippen LogP contribution < -0.4 is 5.32 Å². The van der Waals surface area contributed by atoms with Crippen LogP contribution >= 0.6 is 0 Å². The number of hydrogen-bond acceptors (Lipinski definition) is 3. The van der Waals surface area contributed by atoms with Crippen LogP contribution in [0.25, 0.3) is 0 Å². The third kappa shape index (κ3) is 2.28. The zero-order chi connectivity index (χ0) is 14.2. The van der Waals surface area contributed by atoms with Gasteiger partial charge in [0.25, 0.3) is 5.91 Å². The van der Waals surface area contributed by atoms with Crippen molar-refractivity contribution in [2.75, 3.05) is 19.6 Å². The first kappa shape index (κ1) is 13.1. The Kier molecular flexibility index (Phi) is 3.20. The summed E-state index contributed by atoms with van der Waals surface area (Å²) in [6, 6.07) is 3.63. The first-order chi connectivity index (χ1) is 9.60. The minimum absolute atomic E-state index is 0.0581. The molecule has 1 aromatic heterocycles. The van der Waals surface area contributed by atoms with Crippen LogP contribution in [-0.4, -0.2) is 41.3 Å². The van der Waals surface area contributed by atoms with Crippen LogP contribution in [0, 0.1) is 12.3 Å². The van der Waals surface area contributed by atoms with Gasteiger partial charge in [-0.15, -0.1) is 0 Å². The molecule has 0 saturated carbocycles. The maximum Gasteiger partial charge on any atom is 0.255 e. The molecule has 5 heteroatoms. The highest BCUT2D eigenvalue weighted by Gasteiger charge is 2.41. The van der Waals surface area contributed by atoms with Crippen molar-refractivity contribution in [3.05, 3.63) is 29.6 Å². The number of carbonyl (C=O) groups is 2. The number of amides is 2. The SMILES string of the molecule is Cc1ncccc1C(=O)N1CCC2(CC1)CNC(=O)C2. The predicted octanol–water partition coefficient (Wildman–Crippen LogP) is 1.13. The number of aryl methyl sites for hydroxylation is 1. The maximum atomic E-state index is 12.5. The Labute approximate surface area is 118 Å². The fraction of sp³-hybridized carbons (Fsp3) is 0.533. The number of aromatic nitrogens is 1. The van der Waals surface area contributed by atoms with E-state index >= 15 is 0 Å². The van der Waals surface area contributed by atoms with Crippen LogP contribution in [0.2, 0.25) is 0 Å². The first-order valence-corrected chi connectivity index (χ1v) is 7.07. The van der Waals surface area contributed by atoms with Gasteiger partial charge in [0.2, 0.25) is 5.91 Å². The quantitative estimate of drug-likeness (QED) is 0.834. The summed E-state index contributed by atoms with van der Waals surface area (Å²) in [5, 5.41) is 2.91. The van der Waals surface area contributed by atoms with Gasteiger partial charge in [-0.25, -0.2) is 0 Å². The van der Waals surface area contributed by atoms with Crippen molar-refractivity contribution in [1.29, 1.82) is 0 Å². The van der Waals surface area contributed by atoms with Gasteiger partial charge < -0.3 is 10.2 Å². The number of carbonyl (C=O) groups excluding carboxylic acids is 2. The minimum Gasteiger partial charge on any atom is -0.356 e. The van der Waals surface area contributed by atoms with Gasteiger partial charge in [0.15, 0.2) is 0 Å². The van der Waals surface area contributed by atoms with Crippen molar-refractivity contribution in [2.24, 2.45) is 5.41 Å². The summed E-state index contributed by atoms with van der Waals surface area (Å²) in [4.78, 5) is 30.0. The number of nitrogens with one attached hydrogen (secondary N) is 1. The van der Waals surface area contributed by atoms with Gasteiger partial charge in [-0.05, 0) is 37.3 Å². The van der Waals surface area contributed by atoms with Crippen molar-refractivity contribution >= 4 is 11.8 Å². The molecule has 2 aliphatic heterocycles. The molecule has 0 aliphatic carbocycles. The second-order valence-corrected chi connectivity index (χ2v) is 5.88. The second-order valence-electron chi connectivity index (χ2n) is 5.88. The molecule has 3 heterocycles. The lowest BCUT2D eigenvalue weighted by Crippen LogP contribution is -2.44. The van der Waals surface area contributed by atoms with Crippen molar-refractivity contribution in [2.45, 2.75) is 26.2 Å². The van der Waals surface area contributed by atoms with E-state index in [1.54, 1.807) is 12.3 Å². The first-order valence-electron chi connectivity index (χ1n) is 7.07. The summed E-state index contributed by atoms with van der Waals surface area (Å²) < 4.78 is 0. The zero-order valence-corrected chi connectivity index (χ0v) is 11.7. The molecular formula is C15H19N3O2. The van der Waals surface area contributed by atoms with Gasteiger partial charge in [-0.2, -0.15) is 0 Å². The zero-order valence-electron chi connectivity index (χ0n) is 11.7. The van der Waals surface area contributed by atoms with Crippen molar-refractivity contribution in [1.82, 2.24) is 15.2 Å². The molecule has 1 aromatic rings. The van der Waals surface area contributed by atoms with E-state index in [1.165, 1.54) is 0 Å². The summed E-state index contributed by atoms with van der Waals surface area (Å²) in [6.45, 7) is 4.07. The highest BCUT2D eigenvalue weighted by atomic mass is 16.2. The molecular weight excluding hydrogens is 254 g/mol. The van der Waals surface area contributed by atoms with Crippen LogP contribution in [0.15, 0.2) is 18.3 Å². The van der Waals surface area contributed by atoms with E-state index in [4.69, 9.17) is 0 Å². The minimum atomic E-state index is 0.0581. The summed E-state index contributed by atoms with van der Waals surface area (Å²) in [6.07, 6.45) is 4.11. The van der Waals surface area contributed by atoms with Crippen molar-refractivity contribution < 1.29 is 9.59 Å². The lowest BCUT2D eigenvalue weighted by molar-refractivity contribution is -0.119. The number of likely N-dealkylation sites (tertiary alicyclic amines) is 1. The number of hydrogen-bond donors (Lipinski definition) is 1. The third-order valence-corrected chi connectivity index (χ3v) is 4.54. The third-order valence-electron chi connectivity index (χ3n) is 4.54. The smallest absolute Gasteiger partial charge is 0.255 e. The molecule has 1 spiro atoms. The average Bonchev–Trinajstić information content (AvgIpc) is 2.81. The molecule has 2 amide bonds. The average molecular weight is 273 g/mol. The standard InChI is InChI=1S/C15H19N3O2/c1-11-12(3-2-6-16-11)14(20)18-7-4-15(5-8-18)9-13(19)17-10-15/h2-3,6H,4-5,7-10H2,1H3,(H,17,19). The van der Waals surface area contributed by atoms with Crippen molar-refractivity contribution in [3.63, 3.8) is 0 Å². The topological polar surface area (TPSA) is 62.3 Å². The monoisotopic (exact) mass is 273 g/mol. The van der Waals surface area contributed by atoms with Gasteiger partial charge in [-0.1, -0.05) is 0 Å². The Morgan fingerprint density at radius 3 is 2.75 bits per heavy atom. The Morgan fingerprint density at radius 2 is 2.15 bits per heavy atom. The molecule has 3 rings (SSSR count). The molecule has 2 aliphatic rings. The van der Waals surface area contributed by atoms with E-state index in [2.05, 4.69) is 10.3 Å². The van der Waals surface area contributed by atoms with E-state index in [-0.39, 0.29) is 17.2 Å². The number of nitrogens with zero attached hydrogens (tertiary/aromatic N) is 2. The Bertz CT molecular complexity index is 548. The molecule has 0 unspecified atom stereocenters. The largest absolute Gasteiger partial charge is 0.356 e. The van der Waals surface area contributed by atoms with Crippen LogP contribution in [0.1, 0.15) is 35.3 Å². The Hall–Kier alpha value is -1.91. The molecule has 2 saturated heterocycles. The lowest BCUT2D eigenvalue weighted by atomic mass is 9.77. The lowest BCUT2D eigenvalue weighted by Gasteiger charge is -2.38. The summed E-state index contributed by atoms with van der Waals surface area (Å²) in [7, 11) is 0. The molecule has 1 N–H and O–H groups in total. The number of rotatable bonds is 1. The summed E-state index contributed by atoms with van der Waals surface area (Å²) in [5.41, 5.74) is 1.54. The fourth-order valence-corrected chi connectivity index (χ4v) is 3.17. The second kappa shape index (κ2) is 4.89. The molecule has 0 radical (unpaired) electrons. The molecule has 5 nitrogen and oxygen atoms in total. The fourth-order valence-electron chi connectivity index (χ4n) is 3.17. The van der Waals surface area contributed by atoms with E-state index in [1.807, 2.05) is 17.9 Å². The van der Waals surface area contributed by atoms with Gasteiger partial charge in [0, 0.05) is 37.9 Å².